The van der Waals surface area contributed by atoms with Gasteiger partial charge in [-0.1, -0.05) is 30.4 Å². The third-order valence-corrected chi connectivity index (χ3v) is 2.66. The van der Waals surface area contributed by atoms with Crippen LogP contribution in [0.25, 0.3) is 0 Å². The van der Waals surface area contributed by atoms with Crippen LogP contribution in [-0.4, -0.2) is 21.1 Å². The van der Waals surface area contributed by atoms with Gasteiger partial charge in [0.05, 0.1) is 11.8 Å². The van der Waals surface area contributed by atoms with Crippen LogP contribution in [0.5, 0.6) is 0 Å². The molecule has 1 heterocycles. The fourth-order valence-corrected chi connectivity index (χ4v) is 1.62. The van der Waals surface area contributed by atoms with Crippen molar-refractivity contribution in [3.05, 3.63) is 53.3 Å². The Morgan fingerprint density at radius 1 is 1.44 bits per heavy atom. The summed E-state index contributed by atoms with van der Waals surface area (Å²) in [5.74, 6) is -0.176. The first-order chi connectivity index (χ1) is 8.66. The number of nitrogens with one attached hydrogen (secondary N) is 2. The molecular weight excluding hydrogens is 248 g/mol. The van der Waals surface area contributed by atoms with Crippen molar-refractivity contribution < 1.29 is 4.79 Å². The van der Waals surface area contributed by atoms with E-state index in [4.69, 9.17) is 18.0 Å². The van der Waals surface area contributed by atoms with Crippen LogP contribution >= 0.6 is 12.2 Å². The minimum atomic E-state index is -0.176. The molecule has 0 saturated carbocycles. The molecule has 92 valence electrons. The number of carbonyl (C=O) groups is 1. The van der Waals surface area contributed by atoms with Gasteiger partial charge in [0.15, 0.2) is 0 Å². The summed E-state index contributed by atoms with van der Waals surface area (Å²) in [5, 5.41) is 9.09. The summed E-state index contributed by atoms with van der Waals surface area (Å²) in [7, 11) is 0. The first kappa shape index (κ1) is 12.3. The van der Waals surface area contributed by atoms with E-state index in [9.17, 15) is 4.79 Å². The second kappa shape index (κ2) is 5.42. The number of thiocarbonyl (C=S) groups is 1. The molecule has 18 heavy (non-hydrogen) atoms. The van der Waals surface area contributed by atoms with E-state index >= 15 is 0 Å². The molecule has 6 heteroatoms. The van der Waals surface area contributed by atoms with E-state index in [-0.39, 0.29) is 5.91 Å². The Labute approximate surface area is 109 Å². The number of hydrogen-bond acceptors (Lipinski definition) is 3. The number of benzene rings is 1. The first-order valence-electron chi connectivity index (χ1n) is 5.32. The maximum atomic E-state index is 11.7. The number of aromatic nitrogens is 2. The average molecular weight is 260 g/mol. The van der Waals surface area contributed by atoms with Crippen LogP contribution in [0.4, 0.5) is 0 Å². The zero-order valence-electron chi connectivity index (χ0n) is 9.51. The standard InChI is InChI=1S/C12H12N4OS/c13-11(18)9-3-1-2-8(4-9)5-14-12(17)10-6-15-16-7-10/h1-4,6-7H,5H2,(H2,13,18)(H,14,17)(H,15,16). The highest BCUT2D eigenvalue weighted by molar-refractivity contribution is 7.80. The molecular formula is C12H12N4OS. The lowest BCUT2D eigenvalue weighted by atomic mass is 10.1. The van der Waals surface area contributed by atoms with Crippen LogP contribution in [0.2, 0.25) is 0 Å². The topological polar surface area (TPSA) is 83.8 Å². The summed E-state index contributed by atoms with van der Waals surface area (Å²) in [6, 6.07) is 7.45. The molecule has 0 saturated heterocycles. The van der Waals surface area contributed by atoms with E-state index in [0.717, 1.165) is 11.1 Å². The summed E-state index contributed by atoms with van der Waals surface area (Å²) in [6.45, 7) is 0.417. The van der Waals surface area contributed by atoms with E-state index in [1.165, 1.54) is 6.20 Å². The second-order valence-electron chi connectivity index (χ2n) is 3.73. The van der Waals surface area contributed by atoms with Crippen LogP contribution in [0.1, 0.15) is 21.5 Å². The summed E-state index contributed by atoms with van der Waals surface area (Å²) >= 11 is 4.90. The number of carbonyl (C=O) groups excluding carboxylic acids is 1. The Bertz CT molecular complexity index is 565. The second-order valence-corrected chi connectivity index (χ2v) is 4.17. The Morgan fingerprint density at radius 2 is 2.28 bits per heavy atom. The van der Waals surface area contributed by atoms with Gasteiger partial charge in [-0.05, 0) is 11.6 Å². The summed E-state index contributed by atoms with van der Waals surface area (Å²) in [6.07, 6.45) is 3.02. The van der Waals surface area contributed by atoms with Crippen molar-refractivity contribution in [3.63, 3.8) is 0 Å². The summed E-state index contributed by atoms with van der Waals surface area (Å²) in [5.41, 5.74) is 7.78. The monoisotopic (exact) mass is 260 g/mol. The third-order valence-electron chi connectivity index (χ3n) is 2.42. The molecule has 0 spiro atoms. The summed E-state index contributed by atoms with van der Waals surface area (Å²) in [4.78, 5) is 12.0. The van der Waals surface area contributed by atoms with Crippen molar-refractivity contribution in [3.8, 4) is 0 Å². The van der Waals surface area contributed by atoms with Crippen molar-refractivity contribution in [2.24, 2.45) is 5.73 Å². The van der Waals surface area contributed by atoms with Gasteiger partial charge in [0.25, 0.3) is 5.91 Å². The normalized spacial score (nSPS) is 10.0. The molecule has 0 atom stereocenters. The molecule has 1 amide bonds. The summed E-state index contributed by atoms with van der Waals surface area (Å²) < 4.78 is 0. The predicted octanol–water partition coefficient (Wildman–Crippen LogP) is 0.974. The van der Waals surface area contributed by atoms with Gasteiger partial charge >= 0.3 is 0 Å². The lowest BCUT2D eigenvalue weighted by Crippen LogP contribution is -2.22. The van der Waals surface area contributed by atoms with Crippen molar-refractivity contribution in [2.75, 3.05) is 0 Å². The predicted molar refractivity (Wildman–Crippen MR) is 72.1 cm³/mol. The largest absolute Gasteiger partial charge is 0.389 e. The maximum Gasteiger partial charge on any atom is 0.254 e. The van der Waals surface area contributed by atoms with Crippen molar-refractivity contribution in [1.82, 2.24) is 15.5 Å². The van der Waals surface area contributed by atoms with Crippen LogP contribution in [-0.2, 0) is 6.54 Å². The fourth-order valence-electron chi connectivity index (χ4n) is 1.49. The van der Waals surface area contributed by atoms with Gasteiger partial charge in [-0.2, -0.15) is 5.10 Å². The molecule has 0 unspecified atom stereocenters. The zero-order valence-corrected chi connectivity index (χ0v) is 10.3. The van der Waals surface area contributed by atoms with Crippen molar-refractivity contribution >= 4 is 23.1 Å². The highest BCUT2D eigenvalue weighted by atomic mass is 32.1. The number of amides is 1. The minimum Gasteiger partial charge on any atom is -0.389 e. The van der Waals surface area contributed by atoms with E-state index in [1.807, 2.05) is 24.3 Å². The van der Waals surface area contributed by atoms with E-state index in [0.29, 0.717) is 17.1 Å². The third kappa shape index (κ3) is 2.92. The molecule has 0 aliphatic heterocycles. The van der Waals surface area contributed by atoms with Crippen LogP contribution < -0.4 is 11.1 Å². The molecule has 4 N–H and O–H groups in total. The lowest BCUT2D eigenvalue weighted by molar-refractivity contribution is 0.0951. The fraction of sp³-hybridized carbons (Fsp3) is 0.0833. The van der Waals surface area contributed by atoms with Crippen molar-refractivity contribution in [1.29, 1.82) is 0 Å². The SMILES string of the molecule is NC(=S)c1cccc(CNC(=O)c2cn[nH]c2)c1. The van der Waals surface area contributed by atoms with E-state index < -0.39 is 0 Å². The van der Waals surface area contributed by atoms with Gasteiger partial charge in [0, 0.05) is 18.3 Å². The number of nitrogens with zero attached hydrogens (tertiary/aromatic N) is 1. The van der Waals surface area contributed by atoms with Gasteiger partial charge in [0.2, 0.25) is 0 Å². The first-order valence-corrected chi connectivity index (χ1v) is 5.73. The van der Waals surface area contributed by atoms with Gasteiger partial charge < -0.3 is 11.1 Å². The number of rotatable bonds is 4. The number of nitrogens with two attached hydrogens (primary N) is 1. The number of hydrogen-bond donors (Lipinski definition) is 3. The molecule has 5 nitrogen and oxygen atoms in total. The van der Waals surface area contributed by atoms with Crippen LogP contribution in [0.3, 0.4) is 0 Å². The van der Waals surface area contributed by atoms with Gasteiger partial charge in [0.1, 0.15) is 4.99 Å². The molecule has 0 bridgehead atoms. The van der Waals surface area contributed by atoms with Crippen LogP contribution in [0, 0.1) is 0 Å². The molecule has 2 rings (SSSR count). The smallest absolute Gasteiger partial charge is 0.254 e. The highest BCUT2D eigenvalue weighted by Gasteiger charge is 2.06. The minimum absolute atomic E-state index is 0.176. The Hall–Kier alpha value is -2.21. The highest BCUT2D eigenvalue weighted by Crippen LogP contribution is 2.05. The molecule has 2 aromatic rings. The molecule has 1 aromatic carbocycles. The van der Waals surface area contributed by atoms with E-state index in [2.05, 4.69) is 15.5 Å². The molecule has 1 aromatic heterocycles. The van der Waals surface area contributed by atoms with Gasteiger partial charge in [-0.3, -0.25) is 9.89 Å². The van der Waals surface area contributed by atoms with E-state index in [1.54, 1.807) is 6.20 Å². The molecule has 0 aliphatic carbocycles. The Morgan fingerprint density at radius 3 is 2.94 bits per heavy atom. The van der Waals surface area contributed by atoms with Gasteiger partial charge in [-0.15, -0.1) is 0 Å². The Balaban J connectivity index is 2.00. The number of aromatic amines is 1. The molecule has 0 radical (unpaired) electrons. The lowest BCUT2D eigenvalue weighted by Gasteiger charge is -2.05. The van der Waals surface area contributed by atoms with Gasteiger partial charge in [-0.25, -0.2) is 0 Å². The zero-order chi connectivity index (χ0) is 13.0. The number of H-pyrrole nitrogens is 1. The Kier molecular flexibility index (Phi) is 3.69. The molecule has 0 aliphatic rings. The van der Waals surface area contributed by atoms with Crippen LogP contribution in [0.15, 0.2) is 36.7 Å². The van der Waals surface area contributed by atoms with Crippen molar-refractivity contribution in [2.45, 2.75) is 6.54 Å². The maximum absolute atomic E-state index is 11.7. The molecule has 0 fully saturated rings. The average Bonchev–Trinajstić information content (AvgIpc) is 2.90. The quantitative estimate of drug-likeness (QED) is 0.715.